The molecule has 0 spiro atoms. The molecular weight excluding hydrogens is 412 g/mol. The maximum Gasteiger partial charge on any atom is 0.229 e. The fraction of sp³-hybridized carbons (Fsp3) is 0.346. The van der Waals surface area contributed by atoms with Gasteiger partial charge < -0.3 is 20.6 Å². The molecule has 33 heavy (non-hydrogen) atoms. The molecule has 1 saturated heterocycles. The molecule has 4 rings (SSSR count). The molecule has 7 heteroatoms. The van der Waals surface area contributed by atoms with Crippen LogP contribution in [-0.2, 0) is 13.0 Å². The largest absolute Gasteiger partial charge is 0.508 e. The fourth-order valence-corrected chi connectivity index (χ4v) is 4.05. The summed E-state index contributed by atoms with van der Waals surface area (Å²) in [5.74, 6) is 1.78. The molecule has 2 aromatic carbocycles. The van der Waals surface area contributed by atoms with Crippen molar-refractivity contribution in [1.82, 2.24) is 15.3 Å². The van der Waals surface area contributed by atoms with E-state index in [1.54, 1.807) is 12.1 Å². The molecule has 2 heterocycles. The minimum Gasteiger partial charge on any atom is -0.508 e. The van der Waals surface area contributed by atoms with Crippen molar-refractivity contribution in [3.05, 3.63) is 70.9 Å². The van der Waals surface area contributed by atoms with Gasteiger partial charge in [-0.15, -0.1) is 0 Å². The molecule has 0 aliphatic carbocycles. The average molecular weight is 443 g/mol. The third kappa shape index (κ3) is 5.79. The van der Waals surface area contributed by atoms with Crippen molar-refractivity contribution in [2.45, 2.75) is 45.7 Å². The summed E-state index contributed by atoms with van der Waals surface area (Å²) in [7, 11) is 0. The zero-order chi connectivity index (χ0) is 23.2. The second-order valence-corrected chi connectivity index (χ2v) is 8.54. The van der Waals surface area contributed by atoms with Gasteiger partial charge in [-0.25, -0.2) is 4.98 Å². The number of rotatable bonds is 8. The van der Waals surface area contributed by atoms with Crippen LogP contribution < -0.4 is 15.5 Å². The van der Waals surface area contributed by atoms with E-state index in [0.717, 1.165) is 67.2 Å². The molecule has 7 nitrogen and oxygen atoms in total. The summed E-state index contributed by atoms with van der Waals surface area (Å²) < 4.78 is 0. The Morgan fingerprint density at radius 2 is 1.97 bits per heavy atom. The molecule has 170 valence electrons. The highest BCUT2D eigenvalue weighted by Crippen LogP contribution is 2.24. The molecule has 0 bridgehead atoms. The number of aryl methyl sites for hydroxylation is 2. The Hall–Kier alpha value is -3.63. The highest BCUT2D eigenvalue weighted by atomic mass is 16.3. The number of aromatic nitrogens is 2. The standard InChI is InChI=1S/C26H30N6O/c1-3-4-21-14-25(31-26(29-21)30-22-8-5-18(2)20(13-22)15-27)32-12-11-23(17-32)28-16-19-6-9-24(33)10-7-19/h5-10,13-14,23,28,33H,3-4,11-12,16-17H2,1-2H3,(H,29,30,31)/t23-/m0/s1. The smallest absolute Gasteiger partial charge is 0.229 e. The topological polar surface area (TPSA) is 97.1 Å². The second kappa shape index (κ2) is 10.3. The van der Waals surface area contributed by atoms with Gasteiger partial charge in [0.15, 0.2) is 0 Å². The molecule has 3 aromatic rings. The summed E-state index contributed by atoms with van der Waals surface area (Å²) in [5.41, 5.74) is 4.57. The van der Waals surface area contributed by atoms with Crippen LogP contribution in [-0.4, -0.2) is 34.2 Å². The Morgan fingerprint density at radius 3 is 2.73 bits per heavy atom. The van der Waals surface area contributed by atoms with Crippen molar-refractivity contribution in [1.29, 1.82) is 5.26 Å². The van der Waals surface area contributed by atoms with E-state index in [1.807, 2.05) is 37.3 Å². The normalized spacial score (nSPS) is 15.4. The van der Waals surface area contributed by atoms with Crippen LogP contribution in [0.1, 0.15) is 42.1 Å². The summed E-state index contributed by atoms with van der Waals surface area (Å²) in [4.78, 5) is 11.8. The Bertz CT molecular complexity index is 1140. The van der Waals surface area contributed by atoms with Gasteiger partial charge in [-0.1, -0.05) is 31.5 Å². The maximum atomic E-state index is 9.45. The molecule has 0 saturated carbocycles. The van der Waals surface area contributed by atoms with Gasteiger partial charge in [0.1, 0.15) is 11.6 Å². The average Bonchev–Trinajstić information content (AvgIpc) is 3.29. The van der Waals surface area contributed by atoms with Gasteiger partial charge in [0.05, 0.1) is 11.6 Å². The predicted octanol–water partition coefficient (Wildman–Crippen LogP) is 4.43. The van der Waals surface area contributed by atoms with Gasteiger partial charge in [-0.05, 0) is 55.2 Å². The van der Waals surface area contributed by atoms with Crippen LogP contribution in [0.5, 0.6) is 5.75 Å². The van der Waals surface area contributed by atoms with Crippen molar-refractivity contribution in [3.8, 4) is 11.8 Å². The summed E-state index contributed by atoms with van der Waals surface area (Å²) in [6.07, 6.45) is 2.94. The van der Waals surface area contributed by atoms with Gasteiger partial charge in [-0.2, -0.15) is 10.2 Å². The van der Waals surface area contributed by atoms with Crippen LogP contribution in [0.2, 0.25) is 0 Å². The lowest BCUT2D eigenvalue weighted by atomic mass is 10.1. The fourth-order valence-electron chi connectivity index (χ4n) is 4.05. The first-order valence-corrected chi connectivity index (χ1v) is 11.5. The van der Waals surface area contributed by atoms with Gasteiger partial charge in [0.2, 0.25) is 5.95 Å². The summed E-state index contributed by atoms with van der Waals surface area (Å²) in [6.45, 7) is 6.65. The number of nitrogens with one attached hydrogen (secondary N) is 2. The van der Waals surface area contributed by atoms with Gasteiger partial charge in [-0.3, -0.25) is 0 Å². The molecule has 1 aliphatic heterocycles. The molecule has 1 atom stereocenters. The molecule has 0 radical (unpaired) electrons. The van der Waals surface area contributed by atoms with Gasteiger partial charge >= 0.3 is 0 Å². The minimum absolute atomic E-state index is 0.288. The molecule has 3 N–H and O–H groups in total. The number of phenolic OH excluding ortho intramolecular Hbond substituents is 1. The summed E-state index contributed by atoms with van der Waals surface area (Å²) >= 11 is 0. The zero-order valence-electron chi connectivity index (χ0n) is 19.2. The lowest BCUT2D eigenvalue weighted by Gasteiger charge is -2.20. The first-order chi connectivity index (χ1) is 16.0. The van der Waals surface area contributed by atoms with Gasteiger partial charge in [0.25, 0.3) is 0 Å². The van der Waals surface area contributed by atoms with Crippen LogP contribution in [0, 0.1) is 18.3 Å². The van der Waals surface area contributed by atoms with E-state index in [2.05, 4.69) is 34.6 Å². The second-order valence-electron chi connectivity index (χ2n) is 8.54. The van der Waals surface area contributed by atoms with Crippen LogP contribution in [0.3, 0.4) is 0 Å². The molecule has 1 aliphatic rings. The van der Waals surface area contributed by atoms with E-state index in [-0.39, 0.29) is 5.75 Å². The minimum atomic E-state index is 0.288. The Kier molecular flexibility index (Phi) is 7.06. The van der Waals surface area contributed by atoms with Crippen LogP contribution in [0.15, 0.2) is 48.5 Å². The van der Waals surface area contributed by atoms with Crippen LogP contribution in [0.4, 0.5) is 17.5 Å². The van der Waals surface area contributed by atoms with E-state index in [9.17, 15) is 10.4 Å². The predicted molar refractivity (Wildman–Crippen MR) is 131 cm³/mol. The Labute approximate surface area is 195 Å². The third-order valence-electron chi connectivity index (χ3n) is 5.93. The number of nitriles is 1. The van der Waals surface area contributed by atoms with Crippen LogP contribution >= 0.6 is 0 Å². The number of hydrogen-bond donors (Lipinski definition) is 3. The Morgan fingerprint density at radius 1 is 1.15 bits per heavy atom. The molecule has 1 fully saturated rings. The lowest BCUT2D eigenvalue weighted by Crippen LogP contribution is -2.32. The number of anilines is 3. The van der Waals surface area contributed by atoms with Crippen molar-refractivity contribution in [2.75, 3.05) is 23.3 Å². The maximum absolute atomic E-state index is 9.45. The van der Waals surface area contributed by atoms with Crippen molar-refractivity contribution >= 4 is 17.5 Å². The third-order valence-corrected chi connectivity index (χ3v) is 5.93. The van der Waals surface area contributed by atoms with Gasteiger partial charge in [0, 0.05) is 43.1 Å². The summed E-state index contributed by atoms with van der Waals surface area (Å²) in [6, 6.07) is 17.7. The first-order valence-electron chi connectivity index (χ1n) is 11.5. The van der Waals surface area contributed by atoms with Crippen molar-refractivity contribution in [3.63, 3.8) is 0 Å². The van der Waals surface area contributed by atoms with Crippen LogP contribution in [0.25, 0.3) is 0 Å². The number of aromatic hydroxyl groups is 1. The van der Waals surface area contributed by atoms with E-state index < -0.39 is 0 Å². The first kappa shape index (κ1) is 22.6. The SMILES string of the molecule is CCCc1cc(N2CC[C@H](NCc3ccc(O)cc3)C2)nc(Nc2ccc(C)c(C#N)c2)n1. The summed E-state index contributed by atoms with van der Waals surface area (Å²) in [5, 5.41) is 25.7. The zero-order valence-corrected chi connectivity index (χ0v) is 19.2. The van der Waals surface area contributed by atoms with E-state index in [4.69, 9.17) is 9.97 Å². The van der Waals surface area contributed by atoms with E-state index in [1.165, 1.54) is 0 Å². The molecule has 0 unspecified atom stereocenters. The highest BCUT2D eigenvalue weighted by Gasteiger charge is 2.24. The van der Waals surface area contributed by atoms with Crippen molar-refractivity contribution < 1.29 is 5.11 Å². The number of hydrogen-bond acceptors (Lipinski definition) is 7. The monoisotopic (exact) mass is 442 g/mol. The number of benzene rings is 2. The number of nitrogens with zero attached hydrogens (tertiary/aromatic N) is 4. The van der Waals surface area contributed by atoms with E-state index >= 15 is 0 Å². The van der Waals surface area contributed by atoms with Crippen molar-refractivity contribution in [2.24, 2.45) is 0 Å². The molecule has 1 aromatic heterocycles. The highest BCUT2D eigenvalue weighted by molar-refractivity contribution is 5.59. The van der Waals surface area contributed by atoms with E-state index in [0.29, 0.717) is 17.6 Å². The molecule has 0 amide bonds. The Balaban J connectivity index is 1.46. The number of phenols is 1. The lowest BCUT2D eigenvalue weighted by molar-refractivity contribution is 0.474. The quantitative estimate of drug-likeness (QED) is 0.475. The molecular formula is C26H30N6O.